The number of hydrogen-bond donors (Lipinski definition) is 2. The molecule has 26 heavy (non-hydrogen) atoms. The van der Waals surface area contributed by atoms with Crippen LogP contribution >= 0.6 is 0 Å². The number of anilines is 2. The fraction of sp³-hybridized carbons (Fsp3) is 0.286. The lowest BCUT2D eigenvalue weighted by Crippen LogP contribution is -2.33. The molecule has 2 N–H and O–H groups in total. The molecule has 0 saturated heterocycles. The van der Waals surface area contributed by atoms with Crippen LogP contribution in [0.5, 0.6) is 0 Å². The standard InChI is InChI=1S/C14H18N8O4/c1-19-11(23)7-9(17-13(19)25)21(3)15-5-6-16-22(4)10-8-12(24)20(2)14(26)18-10/h5-8H,1-4H3,(H,17,25)(H,18,26)/b15-5+,16-6+. The summed E-state index contributed by atoms with van der Waals surface area (Å²) in [6.07, 6.45) is 2.62. The maximum Gasteiger partial charge on any atom is 0.329 e. The molecule has 0 aliphatic rings. The Morgan fingerprint density at radius 2 is 1.15 bits per heavy atom. The number of nitrogens with zero attached hydrogens (tertiary/aromatic N) is 6. The van der Waals surface area contributed by atoms with Gasteiger partial charge in [-0.15, -0.1) is 0 Å². The Hall–Kier alpha value is -3.70. The molecule has 0 unspecified atom stereocenters. The van der Waals surface area contributed by atoms with Crippen LogP contribution in [0.2, 0.25) is 0 Å². The van der Waals surface area contributed by atoms with Crippen LogP contribution in [-0.4, -0.2) is 45.6 Å². The number of rotatable bonds is 5. The van der Waals surface area contributed by atoms with Gasteiger partial charge in [0.25, 0.3) is 11.1 Å². The molecule has 0 amide bonds. The Bertz CT molecular complexity index is 938. The summed E-state index contributed by atoms with van der Waals surface area (Å²) in [7, 11) is 5.80. The summed E-state index contributed by atoms with van der Waals surface area (Å²) in [6, 6.07) is 2.46. The van der Waals surface area contributed by atoms with E-state index in [-0.39, 0.29) is 11.6 Å². The molecule has 0 saturated carbocycles. The second-order valence-electron chi connectivity index (χ2n) is 5.29. The minimum Gasteiger partial charge on any atom is -0.292 e. The predicted molar refractivity (Wildman–Crippen MR) is 98.4 cm³/mol. The number of aromatic amines is 2. The lowest BCUT2D eigenvalue weighted by atomic mass is 10.5. The van der Waals surface area contributed by atoms with E-state index in [1.54, 1.807) is 0 Å². The largest absolute Gasteiger partial charge is 0.329 e. The highest BCUT2D eigenvalue weighted by Gasteiger charge is 2.05. The minimum absolute atomic E-state index is 0.215. The van der Waals surface area contributed by atoms with Gasteiger partial charge >= 0.3 is 11.4 Å². The number of nitrogens with one attached hydrogen (secondary N) is 2. The third kappa shape index (κ3) is 4.03. The van der Waals surface area contributed by atoms with E-state index in [9.17, 15) is 19.2 Å². The van der Waals surface area contributed by atoms with Crippen molar-refractivity contribution in [3.8, 4) is 0 Å². The number of H-pyrrole nitrogens is 2. The number of aromatic nitrogens is 4. The highest BCUT2D eigenvalue weighted by Crippen LogP contribution is 2.02. The summed E-state index contributed by atoms with van der Waals surface area (Å²) in [5.41, 5.74) is -2.04. The topological polar surface area (TPSA) is 141 Å². The molecule has 2 aromatic heterocycles. The second-order valence-corrected chi connectivity index (χ2v) is 5.29. The summed E-state index contributed by atoms with van der Waals surface area (Å²) < 4.78 is 1.87. The zero-order valence-electron chi connectivity index (χ0n) is 14.6. The Morgan fingerprint density at radius 1 is 0.808 bits per heavy atom. The van der Waals surface area contributed by atoms with Gasteiger partial charge in [-0.05, 0) is 0 Å². The Kier molecular flexibility index (Phi) is 5.35. The Labute approximate surface area is 146 Å². The second kappa shape index (κ2) is 7.46. The third-order valence-electron chi connectivity index (χ3n) is 3.50. The van der Waals surface area contributed by atoms with Crippen molar-refractivity contribution in [1.29, 1.82) is 0 Å². The molecule has 0 atom stereocenters. The van der Waals surface area contributed by atoms with E-state index in [0.29, 0.717) is 0 Å². The van der Waals surface area contributed by atoms with Gasteiger partial charge in [-0.3, -0.25) is 38.7 Å². The van der Waals surface area contributed by atoms with Gasteiger partial charge < -0.3 is 0 Å². The van der Waals surface area contributed by atoms with Gasteiger partial charge in [0.2, 0.25) is 0 Å². The van der Waals surface area contributed by atoms with Crippen LogP contribution in [0, 0.1) is 0 Å². The molecule has 138 valence electrons. The van der Waals surface area contributed by atoms with E-state index < -0.39 is 22.5 Å². The zero-order chi connectivity index (χ0) is 19.4. The van der Waals surface area contributed by atoms with E-state index in [1.807, 2.05) is 0 Å². The fourth-order valence-corrected chi connectivity index (χ4v) is 1.82. The number of hydrogen-bond acceptors (Lipinski definition) is 8. The maximum absolute atomic E-state index is 11.6. The van der Waals surface area contributed by atoms with E-state index in [2.05, 4.69) is 20.2 Å². The molecule has 2 heterocycles. The molecule has 0 aliphatic heterocycles. The van der Waals surface area contributed by atoms with E-state index >= 15 is 0 Å². The van der Waals surface area contributed by atoms with E-state index in [0.717, 1.165) is 9.13 Å². The minimum atomic E-state index is -0.558. The van der Waals surface area contributed by atoms with Crippen LogP contribution in [0.1, 0.15) is 0 Å². The van der Waals surface area contributed by atoms with Crippen LogP contribution in [-0.2, 0) is 14.1 Å². The molecule has 2 rings (SSSR count). The summed E-state index contributed by atoms with van der Waals surface area (Å²) in [6.45, 7) is 0. The van der Waals surface area contributed by atoms with Crippen LogP contribution in [0.25, 0.3) is 0 Å². The average Bonchev–Trinajstić information content (AvgIpc) is 2.59. The van der Waals surface area contributed by atoms with Gasteiger partial charge in [0.15, 0.2) is 0 Å². The first-order chi connectivity index (χ1) is 12.2. The molecule has 0 aromatic carbocycles. The van der Waals surface area contributed by atoms with Crippen molar-refractivity contribution in [1.82, 2.24) is 19.1 Å². The average molecular weight is 362 g/mol. The summed E-state index contributed by atoms with van der Waals surface area (Å²) in [5.74, 6) is 0.430. The highest BCUT2D eigenvalue weighted by atomic mass is 16.2. The lowest BCUT2D eigenvalue weighted by Gasteiger charge is -2.12. The van der Waals surface area contributed by atoms with Crippen molar-refractivity contribution in [3.63, 3.8) is 0 Å². The van der Waals surface area contributed by atoms with Gasteiger partial charge in [-0.2, -0.15) is 10.2 Å². The predicted octanol–water partition coefficient (Wildman–Crippen LogP) is -2.00. The lowest BCUT2D eigenvalue weighted by molar-refractivity contribution is 0.766. The molecular weight excluding hydrogens is 344 g/mol. The monoisotopic (exact) mass is 362 g/mol. The van der Waals surface area contributed by atoms with E-state index in [1.165, 1.54) is 62.8 Å². The first kappa shape index (κ1) is 18.6. The molecule has 0 fully saturated rings. The third-order valence-corrected chi connectivity index (χ3v) is 3.50. The smallest absolute Gasteiger partial charge is 0.292 e. The maximum atomic E-state index is 11.6. The highest BCUT2D eigenvalue weighted by molar-refractivity contribution is 6.16. The van der Waals surface area contributed by atoms with Gasteiger partial charge in [0.05, 0.1) is 12.4 Å². The quantitative estimate of drug-likeness (QED) is 0.466. The Morgan fingerprint density at radius 3 is 1.46 bits per heavy atom. The molecular formula is C14H18N8O4. The van der Waals surface area contributed by atoms with Crippen molar-refractivity contribution < 1.29 is 0 Å². The van der Waals surface area contributed by atoms with Crippen molar-refractivity contribution in [2.75, 3.05) is 24.1 Å². The van der Waals surface area contributed by atoms with Crippen LogP contribution in [0.15, 0.2) is 41.5 Å². The molecule has 0 radical (unpaired) electrons. The summed E-state index contributed by atoms with van der Waals surface area (Å²) in [4.78, 5) is 51.3. The molecule has 2 aromatic rings. The Balaban J connectivity index is 2.12. The molecule has 0 aliphatic carbocycles. The van der Waals surface area contributed by atoms with Crippen LogP contribution < -0.4 is 32.5 Å². The van der Waals surface area contributed by atoms with Gasteiger partial charge in [0.1, 0.15) is 11.6 Å². The summed E-state index contributed by atoms with van der Waals surface area (Å²) >= 11 is 0. The van der Waals surface area contributed by atoms with Crippen molar-refractivity contribution in [2.24, 2.45) is 24.3 Å². The molecule has 12 heteroatoms. The fourth-order valence-electron chi connectivity index (χ4n) is 1.82. The molecule has 0 spiro atoms. The van der Waals surface area contributed by atoms with Crippen LogP contribution in [0.4, 0.5) is 11.6 Å². The first-order valence-electron chi connectivity index (χ1n) is 7.35. The normalized spacial score (nSPS) is 11.4. The SMILES string of the molecule is CN(/N=C/C=N/N(C)c1cc(=O)n(C)c(=O)[nH]1)c1cc(=O)n(C)c(=O)[nH]1. The summed E-state index contributed by atoms with van der Waals surface area (Å²) in [5, 5.41) is 10.6. The van der Waals surface area contributed by atoms with Crippen molar-refractivity contribution >= 4 is 24.1 Å². The van der Waals surface area contributed by atoms with Gasteiger partial charge in [-0.25, -0.2) is 9.59 Å². The van der Waals surface area contributed by atoms with Gasteiger partial charge in [-0.1, -0.05) is 0 Å². The van der Waals surface area contributed by atoms with Crippen LogP contribution in [0.3, 0.4) is 0 Å². The molecule has 0 bridgehead atoms. The molecule has 12 nitrogen and oxygen atoms in total. The van der Waals surface area contributed by atoms with Crippen molar-refractivity contribution in [2.45, 2.75) is 0 Å². The number of hydrazone groups is 2. The van der Waals surface area contributed by atoms with E-state index in [4.69, 9.17) is 0 Å². The van der Waals surface area contributed by atoms with Crippen molar-refractivity contribution in [3.05, 3.63) is 53.8 Å². The van der Waals surface area contributed by atoms with Gasteiger partial charge in [0, 0.05) is 40.3 Å². The zero-order valence-corrected chi connectivity index (χ0v) is 14.6. The first-order valence-corrected chi connectivity index (χ1v) is 7.35.